The number of nitrogens with two attached hydrogens (primary N) is 1. The van der Waals surface area contributed by atoms with E-state index in [0.29, 0.717) is 18.5 Å². The molecule has 7 nitrogen and oxygen atoms in total. The van der Waals surface area contributed by atoms with Crippen LogP contribution in [0.5, 0.6) is 17.2 Å². The molecule has 2 aromatic rings. The Bertz CT molecular complexity index is 1140. The van der Waals surface area contributed by atoms with Crippen molar-refractivity contribution in [1.82, 2.24) is 5.32 Å². The van der Waals surface area contributed by atoms with Crippen molar-refractivity contribution < 1.29 is 33.6 Å². The Labute approximate surface area is 178 Å². The minimum atomic E-state index is -4.23. The summed E-state index contributed by atoms with van der Waals surface area (Å²) in [7, 11) is -7.07. The summed E-state index contributed by atoms with van der Waals surface area (Å²) in [5, 5.41) is 8.39. The highest BCUT2D eigenvalue weighted by atomic mass is 32.2. The van der Waals surface area contributed by atoms with E-state index in [0.717, 1.165) is 0 Å². The molecular formula is C20H28N2O5S. The van der Waals surface area contributed by atoms with Crippen LogP contribution in [0.1, 0.15) is 30.3 Å². The van der Waals surface area contributed by atoms with E-state index in [1.54, 1.807) is 12.1 Å². The maximum Gasteiger partial charge on any atom is 0.241 e. The average molecular weight is 417 g/mol. The molecule has 3 N–H and O–H groups in total. The van der Waals surface area contributed by atoms with Gasteiger partial charge in [0.1, 0.15) is 17.3 Å². The number of hydrogen-bond donors (Lipinski definition) is 2. The normalized spacial score (nSPS) is 18.1. The smallest absolute Gasteiger partial charge is 0.241 e. The van der Waals surface area contributed by atoms with Crippen LogP contribution in [0, 0.1) is 0 Å². The van der Waals surface area contributed by atoms with Crippen LogP contribution in [-0.4, -0.2) is 41.2 Å². The van der Waals surface area contributed by atoms with Crippen molar-refractivity contribution in [1.29, 1.82) is 0 Å². The van der Waals surface area contributed by atoms with Crippen molar-refractivity contribution in [2.75, 3.05) is 26.7 Å². The van der Waals surface area contributed by atoms with E-state index in [4.69, 9.17) is 30.3 Å². The lowest BCUT2D eigenvalue weighted by Crippen LogP contribution is -2.32. The van der Waals surface area contributed by atoms with E-state index in [-0.39, 0.29) is 29.9 Å². The van der Waals surface area contributed by atoms with E-state index in [1.165, 1.54) is 30.3 Å². The number of ether oxygens (including phenoxy) is 3. The number of hydrogen-bond acceptors (Lipinski definition) is 6. The van der Waals surface area contributed by atoms with E-state index in [9.17, 15) is 8.42 Å². The van der Waals surface area contributed by atoms with Crippen molar-refractivity contribution in [2.24, 2.45) is 5.14 Å². The molecule has 0 aromatic heterocycles. The second-order valence-electron chi connectivity index (χ2n) is 5.99. The molecule has 2 aromatic carbocycles. The van der Waals surface area contributed by atoms with Gasteiger partial charge in [-0.1, -0.05) is 18.2 Å². The van der Waals surface area contributed by atoms with Crippen LogP contribution < -0.4 is 24.7 Å². The number of benzene rings is 2. The van der Waals surface area contributed by atoms with Crippen molar-refractivity contribution >= 4 is 10.0 Å². The van der Waals surface area contributed by atoms with Gasteiger partial charge in [-0.25, -0.2) is 13.6 Å². The first-order chi connectivity index (χ1) is 16.4. The quantitative estimate of drug-likeness (QED) is 0.546. The fourth-order valence-electron chi connectivity index (χ4n) is 2.59. The summed E-state index contributed by atoms with van der Waals surface area (Å²) < 4.78 is 97.8. The van der Waals surface area contributed by atoms with Crippen LogP contribution in [0.2, 0.25) is 0 Å². The van der Waals surface area contributed by atoms with Gasteiger partial charge in [-0.05, 0) is 50.0 Å². The van der Waals surface area contributed by atoms with Crippen LogP contribution >= 0.6 is 0 Å². The molecular weight excluding hydrogens is 380 g/mol. The van der Waals surface area contributed by atoms with Gasteiger partial charge in [0.25, 0.3) is 0 Å². The molecule has 2 rings (SSSR count). The molecule has 0 radical (unpaired) electrons. The van der Waals surface area contributed by atoms with Gasteiger partial charge < -0.3 is 19.5 Å². The lowest BCUT2D eigenvalue weighted by molar-refractivity contribution is 0.272. The summed E-state index contributed by atoms with van der Waals surface area (Å²) in [6.45, 7) is -3.58. The first kappa shape index (κ1) is 13.0. The molecule has 0 heterocycles. The lowest BCUT2D eigenvalue weighted by Gasteiger charge is -2.16. The summed E-state index contributed by atoms with van der Waals surface area (Å²) in [5.74, 6) is -0.247. The summed E-state index contributed by atoms with van der Waals surface area (Å²) >= 11 is 0. The van der Waals surface area contributed by atoms with Gasteiger partial charge in [0.15, 0.2) is 11.5 Å². The van der Waals surface area contributed by atoms with E-state index >= 15 is 0 Å². The second-order valence-corrected chi connectivity index (χ2v) is 7.52. The minimum absolute atomic E-state index is 0.0541. The standard InChI is InChI=1S/C20H28N2O5S/c1-4-26-17-7-5-6-8-18(17)27-12-11-22-15(2)13-16-9-10-19(25-3)20(14-16)28(21,23)24/h5-10,14-15,22H,4,11-13H2,1-3H3,(H2,21,23,24)/t15-/m1/s1/i1D3,3D3,4D2. The second kappa shape index (κ2) is 10.3. The molecule has 0 unspecified atom stereocenters. The zero-order valence-electron chi connectivity index (χ0n) is 23.3. The van der Waals surface area contributed by atoms with Gasteiger partial charge in [-0.15, -0.1) is 0 Å². The van der Waals surface area contributed by atoms with Crippen molar-refractivity contribution in [2.45, 2.75) is 31.1 Å². The molecule has 0 bridgehead atoms. The highest BCUT2D eigenvalue weighted by Crippen LogP contribution is 2.26. The number of para-hydroxylation sites is 2. The number of primary sulfonamides is 1. The van der Waals surface area contributed by atoms with Crippen LogP contribution in [0.3, 0.4) is 0 Å². The van der Waals surface area contributed by atoms with Gasteiger partial charge in [0, 0.05) is 16.7 Å². The number of nitrogens with one attached hydrogen (secondary N) is 1. The molecule has 8 heteroatoms. The average Bonchev–Trinajstić information content (AvgIpc) is 2.70. The summed E-state index contributed by atoms with van der Waals surface area (Å²) in [4.78, 5) is -0.430. The third-order valence-corrected chi connectivity index (χ3v) is 4.76. The largest absolute Gasteiger partial charge is 0.495 e. The predicted octanol–water partition coefficient (Wildman–Crippen LogP) is 2.34. The molecule has 0 fully saturated rings. The first-order valence-electron chi connectivity index (χ1n) is 12.4. The number of methoxy groups -OCH3 is 1. The molecule has 1 atom stereocenters. The molecule has 0 amide bonds. The van der Waals surface area contributed by atoms with Crippen LogP contribution in [0.4, 0.5) is 0 Å². The van der Waals surface area contributed by atoms with Gasteiger partial charge in [0.2, 0.25) is 10.0 Å². The van der Waals surface area contributed by atoms with Gasteiger partial charge in [-0.2, -0.15) is 0 Å². The van der Waals surface area contributed by atoms with Crippen molar-refractivity contribution in [3.8, 4) is 17.2 Å². The highest BCUT2D eigenvalue weighted by molar-refractivity contribution is 7.89. The van der Waals surface area contributed by atoms with Crippen molar-refractivity contribution in [3.63, 3.8) is 0 Å². The Hall–Kier alpha value is -2.29. The zero-order valence-corrected chi connectivity index (χ0v) is 16.1. The van der Waals surface area contributed by atoms with E-state index in [1.807, 2.05) is 6.92 Å². The minimum Gasteiger partial charge on any atom is -0.495 e. The zero-order chi connectivity index (χ0) is 27.4. The van der Waals surface area contributed by atoms with Gasteiger partial charge in [0.05, 0.1) is 20.5 Å². The Balaban J connectivity index is 1.97. The molecule has 0 spiro atoms. The third kappa shape index (κ3) is 6.40. The summed E-state index contributed by atoms with van der Waals surface area (Å²) in [5.41, 5.74) is 0.573. The molecule has 154 valence electrons. The molecule has 0 saturated heterocycles. The molecule has 28 heavy (non-hydrogen) atoms. The lowest BCUT2D eigenvalue weighted by atomic mass is 10.1. The Morgan fingerprint density at radius 3 is 2.61 bits per heavy atom. The molecule has 0 saturated carbocycles. The summed E-state index contributed by atoms with van der Waals surface area (Å²) in [6.07, 6.45) is 0.370. The maximum absolute atomic E-state index is 11.9. The van der Waals surface area contributed by atoms with Gasteiger partial charge >= 0.3 is 0 Å². The number of sulfonamides is 1. The van der Waals surface area contributed by atoms with Crippen LogP contribution in [0.25, 0.3) is 0 Å². The topological polar surface area (TPSA) is 99.9 Å². The SMILES string of the molecule is [2H]C([2H])([2H])Oc1ccc(C[C@@H](C)NCCOc2ccccc2OC([2H])([2H])C([2H])([2H])[2H])cc1S(N)(=O)=O. The van der Waals surface area contributed by atoms with E-state index in [2.05, 4.69) is 5.32 Å². The third-order valence-electron chi connectivity index (χ3n) is 3.83. The monoisotopic (exact) mass is 416 g/mol. The number of rotatable bonds is 11. The first-order valence-corrected chi connectivity index (χ1v) is 9.93. The van der Waals surface area contributed by atoms with Gasteiger partial charge in [-0.3, -0.25) is 0 Å². The molecule has 0 aliphatic heterocycles. The van der Waals surface area contributed by atoms with Crippen LogP contribution in [-0.2, 0) is 16.4 Å². The fourth-order valence-corrected chi connectivity index (χ4v) is 3.29. The maximum atomic E-state index is 11.9. The predicted molar refractivity (Wildman–Crippen MR) is 109 cm³/mol. The Morgan fingerprint density at radius 2 is 1.93 bits per heavy atom. The van der Waals surface area contributed by atoms with Crippen LogP contribution in [0.15, 0.2) is 47.4 Å². The Kier molecular flexibility index (Phi) is 4.80. The van der Waals surface area contributed by atoms with Crippen molar-refractivity contribution in [3.05, 3.63) is 48.0 Å². The highest BCUT2D eigenvalue weighted by Gasteiger charge is 2.16. The fraction of sp³-hybridized carbons (Fsp3) is 0.400. The Morgan fingerprint density at radius 1 is 1.18 bits per heavy atom. The molecule has 0 aliphatic rings. The summed E-state index contributed by atoms with van der Waals surface area (Å²) in [6, 6.07) is 9.99. The molecule has 0 aliphatic carbocycles. The van der Waals surface area contributed by atoms with E-state index < -0.39 is 35.4 Å².